The van der Waals surface area contributed by atoms with Gasteiger partial charge in [0.2, 0.25) is 0 Å². The Morgan fingerprint density at radius 1 is 1.61 bits per heavy atom. The Morgan fingerprint density at radius 2 is 2.39 bits per heavy atom. The highest BCUT2D eigenvalue weighted by Gasteiger charge is 2.26. The van der Waals surface area contributed by atoms with E-state index in [2.05, 4.69) is 22.9 Å². The molecule has 96 valence electrons. The average Bonchev–Trinajstić information content (AvgIpc) is 2.38. The quantitative estimate of drug-likeness (QED) is 0.772. The normalized spacial score (nSPS) is 23.8. The van der Waals surface area contributed by atoms with E-state index in [1.807, 2.05) is 6.92 Å². The second-order valence-corrected chi connectivity index (χ2v) is 4.89. The zero-order valence-corrected chi connectivity index (χ0v) is 11.3. The van der Waals surface area contributed by atoms with Gasteiger partial charge >= 0.3 is 0 Å². The van der Waals surface area contributed by atoms with Crippen LogP contribution in [0.1, 0.15) is 25.8 Å². The predicted octanol–water partition coefficient (Wildman–Crippen LogP) is 2.61. The summed E-state index contributed by atoms with van der Waals surface area (Å²) in [4.78, 5) is 6.50. The number of halogens is 1. The summed E-state index contributed by atoms with van der Waals surface area (Å²) in [5.74, 6) is 0.765. The van der Waals surface area contributed by atoms with Crippen molar-refractivity contribution in [3.63, 3.8) is 0 Å². The van der Waals surface area contributed by atoms with Crippen molar-refractivity contribution in [3.8, 4) is 6.07 Å². The second kappa shape index (κ2) is 5.55. The second-order valence-electron chi connectivity index (χ2n) is 4.51. The Morgan fingerprint density at radius 3 is 3.06 bits per heavy atom. The van der Waals surface area contributed by atoms with Gasteiger partial charge in [-0.2, -0.15) is 5.26 Å². The number of nitrogens with zero attached hydrogens (tertiary/aromatic N) is 3. The number of aromatic nitrogens is 1. The van der Waals surface area contributed by atoms with Gasteiger partial charge in [0.1, 0.15) is 11.0 Å². The van der Waals surface area contributed by atoms with Crippen LogP contribution in [0.25, 0.3) is 0 Å². The van der Waals surface area contributed by atoms with E-state index in [4.69, 9.17) is 21.6 Å². The van der Waals surface area contributed by atoms with E-state index in [1.165, 1.54) is 0 Å². The third-order valence-electron chi connectivity index (χ3n) is 3.14. The van der Waals surface area contributed by atoms with Crippen LogP contribution in [0.5, 0.6) is 0 Å². The minimum Gasteiger partial charge on any atom is -0.375 e. The van der Waals surface area contributed by atoms with E-state index in [0.29, 0.717) is 23.4 Å². The van der Waals surface area contributed by atoms with Gasteiger partial charge in [0.15, 0.2) is 0 Å². The van der Waals surface area contributed by atoms with E-state index in [0.717, 1.165) is 18.8 Å². The summed E-state index contributed by atoms with van der Waals surface area (Å²) >= 11 is 5.96. The molecule has 1 aliphatic heterocycles. The number of anilines is 1. The Bertz CT molecular complexity index is 472. The molecule has 2 rings (SSSR count). The molecule has 0 aromatic carbocycles. The monoisotopic (exact) mass is 265 g/mol. The van der Waals surface area contributed by atoms with Crippen LogP contribution in [0, 0.1) is 11.3 Å². The number of ether oxygens (including phenoxy) is 1. The molecule has 1 aromatic rings. The third kappa shape index (κ3) is 2.74. The van der Waals surface area contributed by atoms with Crippen LogP contribution in [0.2, 0.25) is 5.15 Å². The van der Waals surface area contributed by atoms with Crippen molar-refractivity contribution in [2.45, 2.75) is 32.4 Å². The van der Waals surface area contributed by atoms with Crippen molar-refractivity contribution in [1.82, 2.24) is 4.98 Å². The zero-order valence-electron chi connectivity index (χ0n) is 10.6. The van der Waals surface area contributed by atoms with Gasteiger partial charge in [-0.25, -0.2) is 4.98 Å². The van der Waals surface area contributed by atoms with Gasteiger partial charge in [-0.05, 0) is 25.5 Å². The highest BCUT2D eigenvalue weighted by molar-refractivity contribution is 6.29. The number of rotatable bonds is 2. The highest BCUT2D eigenvalue weighted by Crippen LogP contribution is 2.24. The fraction of sp³-hybridized carbons (Fsp3) is 0.538. The Balaban J connectivity index is 2.33. The lowest BCUT2D eigenvalue weighted by Crippen LogP contribution is -2.49. The number of pyridine rings is 1. The molecular weight excluding hydrogens is 250 g/mol. The molecule has 0 amide bonds. The van der Waals surface area contributed by atoms with Gasteiger partial charge in [-0.3, -0.25) is 0 Å². The Labute approximate surface area is 112 Å². The van der Waals surface area contributed by atoms with E-state index in [-0.39, 0.29) is 6.10 Å². The summed E-state index contributed by atoms with van der Waals surface area (Å²) in [6.07, 6.45) is 1.14. The van der Waals surface area contributed by atoms with Crippen LogP contribution in [0.3, 0.4) is 0 Å². The van der Waals surface area contributed by atoms with E-state index >= 15 is 0 Å². The first-order chi connectivity index (χ1) is 8.63. The molecule has 0 spiro atoms. The molecule has 0 radical (unpaired) electrons. The fourth-order valence-electron chi connectivity index (χ4n) is 2.16. The molecule has 18 heavy (non-hydrogen) atoms. The highest BCUT2D eigenvalue weighted by atomic mass is 35.5. The summed E-state index contributed by atoms with van der Waals surface area (Å²) in [6, 6.07) is 5.76. The molecule has 4 nitrogen and oxygen atoms in total. The van der Waals surface area contributed by atoms with Crippen molar-refractivity contribution < 1.29 is 4.74 Å². The largest absolute Gasteiger partial charge is 0.375 e. The molecule has 1 aliphatic rings. The third-order valence-corrected chi connectivity index (χ3v) is 3.34. The Hall–Kier alpha value is -1.31. The number of hydrogen-bond donors (Lipinski definition) is 0. The number of nitriles is 1. The van der Waals surface area contributed by atoms with Crippen LogP contribution in [0.4, 0.5) is 5.82 Å². The smallest absolute Gasteiger partial charge is 0.132 e. The SMILES string of the molecule is CCC1COC(C)CN1c1cc(C#N)cc(Cl)n1. The molecule has 2 heterocycles. The minimum absolute atomic E-state index is 0.166. The molecule has 0 saturated carbocycles. The van der Waals surface area contributed by atoms with Crippen molar-refractivity contribution in [1.29, 1.82) is 5.26 Å². The van der Waals surface area contributed by atoms with Crippen molar-refractivity contribution in [2.75, 3.05) is 18.1 Å². The molecule has 2 unspecified atom stereocenters. The van der Waals surface area contributed by atoms with Crippen LogP contribution in [-0.4, -0.2) is 30.3 Å². The first-order valence-corrected chi connectivity index (χ1v) is 6.47. The standard InChI is InChI=1S/C13H16ClN3O/c1-3-11-8-18-9(2)7-17(11)13-5-10(6-15)4-12(14)16-13/h4-5,9,11H,3,7-8H2,1-2H3. The van der Waals surface area contributed by atoms with Crippen LogP contribution >= 0.6 is 11.6 Å². The van der Waals surface area contributed by atoms with E-state index in [1.54, 1.807) is 12.1 Å². The lowest BCUT2D eigenvalue weighted by atomic mass is 10.1. The van der Waals surface area contributed by atoms with Crippen LogP contribution < -0.4 is 4.90 Å². The first kappa shape index (κ1) is 13.1. The van der Waals surface area contributed by atoms with Crippen molar-refractivity contribution >= 4 is 17.4 Å². The lowest BCUT2D eigenvalue weighted by molar-refractivity contribution is 0.0296. The molecule has 0 bridgehead atoms. The predicted molar refractivity (Wildman–Crippen MR) is 70.8 cm³/mol. The Kier molecular flexibility index (Phi) is 4.05. The minimum atomic E-state index is 0.166. The summed E-state index contributed by atoms with van der Waals surface area (Å²) in [7, 11) is 0. The first-order valence-electron chi connectivity index (χ1n) is 6.10. The summed E-state index contributed by atoms with van der Waals surface area (Å²) < 4.78 is 5.65. The maximum Gasteiger partial charge on any atom is 0.132 e. The molecular formula is C13H16ClN3O. The van der Waals surface area contributed by atoms with Gasteiger partial charge in [0.05, 0.1) is 30.4 Å². The molecule has 1 fully saturated rings. The molecule has 1 saturated heterocycles. The molecule has 1 aromatic heterocycles. The lowest BCUT2D eigenvalue weighted by Gasteiger charge is -2.39. The van der Waals surface area contributed by atoms with E-state index in [9.17, 15) is 0 Å². The van der Waals surface area contributed by atoms with Gasteiger partial charge in [-0.1, -0.05) is 18.5 Å². The molecule has 5 heteroatoms. The molecule has 0 N–H and O–H groups in total. The maximum atomic E-state index is 8.98. The molecule has 2 atom stereocenters. The van der Waals surface area contributed by atoms with Crippen molar-refractivity contribution in [2.24, 2.45) is 0 Å². The number of hydrogen-bond acceptors (Lipinski definition) is 4. The summed E-state index contributed by atoms with van der Waals surface area (Å²) in [6.45, 7) is 5.62. The number of morpholine rings is 1. The summed E-state index contributed by atoms with van der Waals surface area (Å²) in [5, 5.41) is 9.34. The average molecular weight is 266 g/mol. The van der Waals surface area contributed by atoms with Gasteiger partial charge in [0.25, 0.3) is 0 Å². The summed E-state index contributed by atoms with van der Waals surface area (Å²) in [5.41, 5.74) is 0.541. The maximum absolute atomic E-state index is 8.98. The fourth-order valence-corrected chi connectivity index (χ4v) is 2.36. The van der Waals surface area contributed by atoms with Gasteiger partial charge in [-0.15, -0.1) is 0 Å². The van der Waals surface area contributed by atoms with Gasteiger partial charge in [0, 0.05) is 6.54 Å². The van der Waals surface area contributed by atoms with Crippen molar-refractivity contribution in [3.05, 3.63) is 22.8 Å². The van der Waals surface area contributed by atoms with E-state index < -0.39 is 0 Å². The van der Waals surface area contributed by atoms with Crippen LogP contribution in [0.15, 0.2) is 12.1 Å². The zero-order chi connectivity index (χ0) is 13.1. The molecule has 0 aliphatic carbocycles. The topological polar surface area (TPSA) is 49.1 Å². The van der Waals surface area contributed by atoms with Crippen LogP contribution in [-0.2, 0) is 4.74 Å². The van der Waals surface area contributed by atoms with Gasteiger partial charge < -0.3 is 9.64 Å².